The molecular weight excluding hydrogens is 310 g/mol. The zero-order valence-electron chi connectivity index (χ0n) is 11.3. The molecule has 0 aliphatic heterocycles. The quantitative estimate of drug-likeness (QED) is 0.767. The highest BCUT2D eigenvalue weighted by Crippen LogP contribution is 2.26. The van der Waals surface area contributed by atoms with Crippen molar-refractivity contribution in [2.75, 3.05) is 12.3 Å². The molecule has 0 spiro atoms. The van der Waals surface area contributed by atoms with E-state index < -0.39 is 6.10 Å². The molecule has 0 radical (unpaired) electrons. The number of hydrogen-bond acceptors (Lipinski definition) is 4. The lowest BCUT2D eigenvalue weighted by atomic mass is 10.2. The van der Waals surface area contributed by atoms with E-state index in [2.05, 4.69) is 5.32 Å². The average Bonchev–Trinajstić information content (AvgIpc) is 3.01. The van der Waals surface area contributed by atoms with Gasteiger partial charge in [0.15, 0.2) is 0 Å². The van der Waals surface area contributed by atoms with Crippen molar-refractivity contribution in [1.82, 2.24) is 5.32 Å². The number of aliphatic hydroxyl groups excluding tert-OH is 1. The molecule has 112 valence electrons. The molecule has 1 aromatic heterocycles. The molecule has 0 aliphatic rings. The average molecular weight is 326 g/mol. The number of hydrogen-bond donors (Lipinski definition) is 2. The van der Waals surface area contributed by atoms with Crippen LogP contribution in [-0.4, -0.2) is 23.3 Å². The molecule has 2 N–H and O–H groups in total. The van der Waals surface area contributed by atoms with Gasteiger partial charge in [-0.25, -0.2) is 0 Å². The number of nitrogens with one attached hydrogen (secondary N) is 1. The fourth-order valence-corrected chi connectivity index (χ4v) is 2.88. The van der Waals surface area contributed by atoms with E-state index in [4.69, 9.17) is 16.0 Å². The molecule has 0 aliphatic carbocycles. The van der Waals surface area contributed by atoms with Crippen molar-refractivity contribution in [3.63, 3.8) is 0 Å². The van der Waals surface area contributed by atoms with Crippen LogP contribution in [0.25, 0.3) is 0 Å². The highest BCUT2D eigenvalue weighted by molar-refractivity contribution is 7.99. The fraction of sp³-hybridized carbons (Fsp3) is 0.267. The van der Waals surface area contributed by atoms with Gasteiger partial charge in [0.25, 0.3) is 0 Å². The van der Waals surface area contributed by atoms with Crippen molar-refractivity contribution in [2.45, 2.75) is 17.4 Å². The summed E-state index contributed by atoms with van der Waals surface area (Å²) in [5.74, 6) is 0.966. The lowest BCUT2D eigenvalue weighted by molar-refractivity contribution is -0.121. The molecule has 0 saturated heterocycles. The first kappa shape index (κ1) is 15.9. The summed E-state index contributed by atoms with van der Waals surface area (Å²) in [6.45, 7) is 0.142. The number of furan rings is 1. The van der Waals surface area contributed by atoms with Crippen molar-refractivity contribution < 1.29 is 14.3 Å². The van der Waals surface area contributed by atoms with Gasteiger partial charge >= 0.3 is 0 Å². The first-order chi connectivity index (χ1) is 10.2. The molecule has 1 atom stereocenters. The number of benzene rings is 1. The lowest BCUT2D eigenvalue weighted by Gasteiger charge is -2.09. The van der Waals surface area contributed by atoms with Crippen LogP contribution in [0.15, 0.2) is 52.0 Å². The smallest absolute Gasteiger partial charge is 0.220 e. The standard InChI is InChI=1S/C15H16ClNO3S/c16-11-4-1-2-6-14(11)21-9-7-15(19)17-10-12(18)13-5-3-8-20-13/h1-6,8,12,18H,7,9-10H2,(H,17,19). The number of rotatable bonds is 7. The highest BCUT2D eigenvalue weighted by atomic mass is 35.5. The van der Waals surface area contributed by atoms with Crippen LogP contribution in [0.1, 0.15) is 18.3 Å². The Balaban J connectivity index is 1.67. The molecule has 21 heavy (non-hydrogen) atoms. The number of amides is 1. The molecule has 0 fully saturated rings. The summed E-state index contributed by atoms with van der Waals surface area (Å²) >= 11 is 7.57. The molecule has 0 saturated carbocycles. The van der Waals surface area contributed by atoms with Crippen LogP contribution in [0, 0.1) is 0 Å². The first-order valence-corrected chi connectivity index (χ1v) is 7.88. The fourth-order valence-electron chi connectivity index (χ4n) is 1.70. The third-order valence-corrected chi connectivity index (χ3v) is 4.30. The van der Waals surface area contributed by atoms with Gasteiger partial charge in [0.05, 0.1) is 17.8 Å². The summed E-state index contributed by atoms with van der Waals surface area (Å²) in [4.78, 5) is 12.7. The lowest BCUT2D eigenvalue weighted by Crippen LogP contribution is -2.28. The largest absolute Gasteiger partial charge is 0.467 e. The summed E-state index contributed by atoms with van der Waals surface area (Å²) in [5.41, 5.74) is 0. The van der Waals surface area contributed by atoms with E-state index in [0.717, 1.165) is 4.90 Å². The third-order valence-electron chi connectivity index (χ3n) is 2.79. The molecule has 0 bridgehead atoms. The minimum absolute atomic E-state index is 0.111. The zero-order chi connectivity index (χ0) is 15.1. The Labute approximate surface area is 132 Å². The van der Waals surface area contributed by atoms with Crippen molar-refractivity contribution in [3.05, 3.63) is 53.4 Å². The monoisotopic (exact) mass is 325 g/mol. The topological polar surface area (TPSA) is 62.5 Å². The van der Waals surface area contributed by atoms with Gasteiger partial charge in [0, 0.05) is 17.1 Å². The third kappa shape index (κ3) is 5.12. The van der Waals surface area contributed by atoms with E-state index in [-0.39, 0.29) is 12.5 Å². The van der Waals surface area contributed by atoms with E-state index in [0.29, 0.717) is 23.0 Å². The van der Waals surface area contributed by atoms with Crippen molar-refractivity contribution in [2.24, 2.45) is 0 Å². The Bertz CT molecular complexity index is 574. The van der Waals surface area contributed by atoms with E-state index in [1.165, 1.54) is 18.0 Å². The summed E-state index contributed by atoms with van der Waals surface area (Å²) in [6.07, 6.45) is 1.03. The van der Waals surface area contributed by atoms with Gasteiger partial charge in [-0.1, -0.05) is 23.7 Å². The number of carbonyl (C=O) groups is 1. The summed E-state index contributed by atoms with van der Waals surface area (Å²) < 4.78 is 5.06. The van der Waals surface area contributed by atoms with Crippen LogP contribution in [0.4, 0.5) is 0 Å². The second-order valence-electron chi connectivity index (χ2n) is 4.36. The maximum atomic E-state index is 11.7. The van der Waals surface area contributed by atoms with Crippen LogP contribution in [0.2, 0.25) is 5.02 Å². The maximum Gasteiger partial charge on any atom is 0.220 e. The number of halogens is 1. The molecule has 4 nitrogen and oxygen atoms in total. The SMILES string of the molecule is O=C(CCSc1ccccc1Cl)NCC(O)c1ccco1. The van der Waals surface area contributed by atoms with Crippen LogP contribution < -0.4 is 5.32 Å². The van der Waals surface area contributed by atoms with Crippen molar-refractivity contribution in [3.8, 4) is 0 Å². The Morgan fingerprint density at radius 1 is 1.33 bits per heavy atom. The predicted molar refractivity (Wildman–Crippen MR) is 83.5 cm³/mol. The van der Waals surface area contributed by atoms with E-state index in [1.807, 2.05) is 24.3 Å². The number of thioether (sulfide) groups is 1. The van der Waals surface area contributed by atoms with E-state index in [9.17, 15) is 9.90 Å². The van der Waals surface area contributed by atoms with Crippen LogP contribution >= 0.6 is 23.4 Å². The molecule has 1 amide bonds. The maximum absolute atomic E-state index is 11.7. The van der Waals surface area contributed by atoms with E-state index >= 15 is 0 Å². The van der Waals surface area contributed by atoms with Gasteiger partial charge in [0.1, 0.15) is 11.9 Å². The van der Waals surface area contributed by atoms with Crippen LogP contribution in [0.3, 0.4) is 0 Å². The Kier molecular flexibility index (Phi) is 6.17. The second kappa shape index (κ2) is 8.12. The van der Waals surface area contributed by atoms with Gasteiger partial charge in [-0.3, -0.25) is 4.79 Å². The summed E-state index contributed by atoms with van der Waals surface area (Å²) in [6, 6.07) is 10.9. The molecule has 1 unspecified atom stereocenters. The zero-order valence-corrected chi connectivity index (χ0v) is 12.9. The van der Waals surface area contributed by atoms with E-state index in [1.54, 1.807) is 12.1 Å². The Morgan fingerprint density at radius 3 is 2.86 bits per heavy atom. The van der Waals surface area contributed by atoms with Gasteiger partial charge in [-0.2, -0.15) is 0 Å². The number of aliphatic hydroxyl groups is 1. The minimum Gasteiger partial charge on any atom is -0.467 e. The molecule has 1 heterocycles. The first-order valence-electron chi connectivity index (χ1n) is 6.52. The second-order valence-corrected chi connectivity index (χ2v) is 5.91. The molecule has 2 aromatic rings. The number of carbonyl (C=O) groups excluding carboxylic acids is 1. The minimum atomic E-state index is -0.819. The van der Waals surface area contributed by atoms with Crippen molar-refractivity contribution >= 4 is 29.3 Å². The Morgan fingerprint density at radius 2 is 2.14 bits per heavy atom. The van der Waals surface area contributed by atoms with Gasteiger partial charge in [-0.15, -0.1) is 11.8 Å². The molecular formula is C15H16ClNO3S. The molecule has 1 aromatic carbocycles. The van der Waals surface area contributed by atoms with Crippen LogP contribution in [0.5, 0.6) is 0 Å². The highest BCUT2D eigenvalue weighted by Gasteiger charge is 2.11. The summed E-state index contributed by atoms with van der Waals surface area (Å²) in [7, 11) is 0. The van der Waals surface area contributed by atoms with Crippen LogP contribution in [-0.2, 0) is 4.79 Å². The van der Waals surface area contributed by atoms with Gasteiger partial charge in [-0.05, 0) is 24.3 Å². The predicted octanol–water partition coefficient (Wildman–Crippen LogP) is 3.27. The van der Waals surface area contributed by atoms with Crippen molar-refractivity contribution in [1.29, 1.82) is 0 Å². The summed E-state index contributed by atoms with van der Waals surface area (Å²) in [5, 5.41) is 13.1. The molecule has 6 heteroatoms. The normalized spacial score (nSPS) is 12.1. The van der Waals surface area contributed by atoms with Gasteiger partial charge in [0.2, 0.25) is 5.91 Å². The molecule has 2 rings (SSSR count). The van der Waals surface area contributed by atoms with Gasteiger partial charge < -0.3 is 14.8 Å². The Hall–Kier alpha value is -1.43.